The van der Waals surface area contributed by atoms with Gasteiger partial charge in [-0.1, -0.05) is 200 Å². The van der Waals surface area contributed by atoms with Gasteiger partial charge in [-0.15, -0.1) is 0 Å². The van der Waals surface area contributed by atoms with Crippen molar-refractivity contribution in [2.24, 2.45) is 0 Å². The predicted molar refractivity (Wildman–Crippen MR) is 255 cm³/mol. The molecule has 0 heterocycles. The summed E-state index contributed by atoms with van der Waals surface area (Å²) in [7, 11) is 0. The molecule has 10 aromatic rings. The normalized spacial score (nSPS) is 11.6. The standard InChI is InChI=1S/C58H41N/c1-3-14-42(15-4-1)26-27-43-30-36-51(37-31-43)59(50-20-5-2-6-21-50)52-38-32-44(33-39-52)28-29-45-16-13-19-48(40-45)57-53-22-9-11-24-55(53)58(56-25-12-10-23-54(56)57)49-35-34-46-17-7-8-18-47(46)41-49/h1-41H. The first-order valence-electron chi connectivity index (χ1n) is 20.2. The molecule has 1 heteroatoms. The van der Waals surface area contributed by atoms with Crippen LogP contribution < -0.4 is 4.90 Å². The summed E-state index contributed by atoms with van der Waals surface area (Å²) >= 11 is 0. The Morgan fingerprint density at radius 2 is 0.661 bits per heavy atom. The topological polar surface area (TPSA) is 3.24 Å². The van der Waals surface area contributed by atoms with Crippen LogP contribution in [-0.2, 0) is 0 Å². The van der Waals surface area contributed by atoms with Gasteiger partial charge in [-0.2, -0.15) is 0 Å². The molecule has 59 heavy (non-hydrogen) atoms. The molecule has 0 aliphatic carbocycles. The van der Waals surface area contributed by atoms with Gasteiger partial charge in [0.25, 0.3) is 0 Å². The molecule has 0 saturated heterocycles. The van der Waals surface area contributed by atoms with E-state index in [1.54, 1.807) is 0 Å². The molecule has 0 radical (unpaired) electrons. The zero-order valence-corrected chi connectivity index (χ0v) is 32.6. The molecular weight excluding hydrogens is 711 g/mol. The van der Waals surface area contributed by atoms with Crippen LogP contribution in [0.15, 0.2) is 224 Å². The first kappa shape index (κ1) is 35.7. The van der Waals surface area contributed by atoms with Gasteiger partial charge in [-0.3, -0.25) is 0 Å². The number of hydrogen-bond acceptors (Lipinski definition) is 1. The Bertz CT molecular complexity index is 3060. The Labute approximate surface area is 346 Å². The van der Waals surface area contributed by atoms with Gasteiger partial charge in [-0.25, -0.2) is 0 Å². The van der Waals surface area contributed by atoms with E-state index in [0.29, 0.717) is 0 Å². The Hall–Kier alpha value is -7.74. The van der Waals surface area contributed by atoms with E-state index in [4.69, 9.17) is 0 Å². The SMILES string of the molecule is C(=Cc1ccc(N(c2ccccc2)c2ccc(C=Cc3cccc(-c4c5ccccc5c(-c5ccc6ccccc6c5)c5ccccc45)c3)cc2)cc1)c1ccccc1. The summed E-state index contributed by atoms with van der Waals surface area (Å²) in [5.74, 6) is 0. The molecule has 10 aromatic carbocycles. The summed E-state index contributed by atoms with van der Waals surface area (Å²) in [6.07, 6.45) is 8.75. The highest BCUT2D eigenvalue weighted by molar-refractivity contribution is 6.21. The summed E-state index contributed by atoms with van der Waals surface area (Å²) in [4.78, 5) is 2.31. The number of benzene rings is 10. The average molecular weight is 752 g/mol. The van der Waals surface area contributed by atoms with Crippen LogP contribution in [0.3, 0.4) is 0 Å². The third kappa shape index (κ3) is 7.34. The van der Waals surface area contributed by atoms with Crippen LogP contribution in [0.5, 0.6) is 0 Å². The second-order valence-corrected chi connectivity index (χ2v) is 15.0. The van der Waals surface area contributed by atoms with E-state index in [2.05, 4.69) is 248 Å². The molecule has 0 aromatic heterocycles. The number of fused-ring (bicyclic) bond motifs is 3. The van der Waals surface area contributed by atoms with Crippen molar-refractivity contribution in [1.82, 2.24) is 0 Å². The number of nitrogens with zero attached hydrogens (tertiary/aromatic N) is 1. The van der Waals surface area contributed by atoms with Crippen LogP contribution in [0.1, 0.15) is 22.3 Å². The highest BCUT2D eigenvalue weighted by Gasteiger charge is 2.17. The van der Waals surface area contributed by atoms with Crippen LogP contribution in [-0.4, -0.2) is 0 Å². The quantitative estimate of drug-likeness (QED) is 0.105. The Balaban J connectivity index is 0.959. The lowest BCUT2D eigenvalue weighted by molar-refractivity contribution is 1.28. The van der Waals surface area contributed by atoms with Crippen molar-refractivity contribution in [3.63, 3.8) is 0 Å². The molecule has 0 amide bonds. The van der Waals surface area contributed by atoms with Crippen molar-refractivity contribution in [3.8, 4) is 22.3 Å². The summed E-state index contributed by atoms with van der Waals surface area (Å²) in [5.41, 5.74) is 13.0. The minimum Gasteiger partial charge on any atom is -0.311 e. The highest BCUT2D eigenvalue weighted by Crippen LogP contribution is 2.44. The van der Waals surface area contributed by atoms with Gasteiger partial charge in [-0.05, 0) is 125 Å². The molecule has 0 atom stereocenters. The second kappa shape index (κ2) is 16.0. The molecule has 0 saturated carbocycles. The van der Waals surface area contributed by atoms with Crippen molar-refractivity contribution in [3.05, 3.63) is 247 Å². The van der Waals surface area contributed by atoms with Crippen molar-refractivity contribution in [2.75, 3.05) is 4.90 Å². The third-order valence-corrected chi connectivity index (χ3v) is 11.2. The lowest BCUT2D eigenvalue weighted by Crippen LogP contribution is -2.09. The third-order valence-electron chi connectivity index (χ3n) is 11.2. The van der Waals surface area contributed by atoms with E-state index in [9.17, 15) is 0 Å². The van der Waals surface area contributed by atoms with Gasteiger partial charge in [0.2, 0.25) is 0 Å². The molecule has 10 rings (SSSR count). The lowest BCUT2D eigenvalue weighted by Gasteiger charge is -2.25. The first-order chi connectivity index (χ1) is 29.2. The van der Waals surface area contributed by atoms with Crippen molar-refractivity contribution in [1.29, 1.82) is 0 Å². The fraction of sp³-hybridized carbons (Fsp3) is 0. The fourth-order valence-electron chi connectivity index (χ4n) is 8.34. The smallest absolute Gasteiger partial charge is 0.0462 e. The molecular formula is C58H41N. The number of para-hydroxylation sites is 1. The minimum absolute atomic E-state index is 1.11. The maximum absolute atomic E-state index is 2.34. The van der Waals surface area contributed by atoms with Crippen LogP contribution >= 0.6 is 0 Å². The van der Waals surface area contributed by atoms with Crippen molar-refractivity contribution < 1.29 is 0 Å². The van der Waals surface area contributed by atoms with E-state index in [0.717, 1.165) is 33.8 Å². The van der Waals surface area contributed by atoms with E-state index < -0.39 is 0 Å². The molecule has 0 unspecified atom stereocenters. The number of anilines is 3. The molecule has 0 aliphatic rings. The van der Waals surface area contributed by atoms with E-state index in [-0.39, 0.29) is 0 Å². The lowest BCUT2D eigenvalue weighted by atomic mass is 9.85. The summed E-state index contributed by atoms with van der Waals surface area (Å²) in [5, 5.41) is 7.55. The van der Waals surface area contributed by atoms with E-state index in [1.165, 1.54) is 60.1 Å². The maximum atomic E-state index is 2.34. The van der Waals surface area contributed by atoms with Crippen LogP contribution in [0.25, 0.3) is 78.9 Å². The first-order valence-corrected chi connectivity index (χ1v) is 20.2. The van der Waals surface area contributed by atoms with E-state index >= 15 is 0 Å². The fourth-order valence-corrected chi connectivity index (χ4v) is 8.34. The molecule has 0 aliphatic heterocycles. The van der Waals surface area contributed by atoms with Crippen LogP contribution in [0.4, 0.5) is 17.1 Å². The average Bonchev–Trinajstić information content (AvgIpc) is 3.31. The Morgan fingerprint density at radius 1 is 0.254 bits per heavy atom. The van der Waals surface area contributed by atoms with Gasteiger partial charge in [0, 0.05) is 17.1 Å². The zero-order valence-electron chi connectivity index (χ0n) is 32.6. The van der Waals surface area contributed by atoms with Crippen molar-refractivity contribution in [2.45, 2.75) is 0 Å². The summed E-state index contributed by atoms with van der Waals surface area (Å²) in [6.45, 7) is 0. The largest absolute Gasteiger partial charge is 0.311 e. The van der Waals surface area contributed by atoms with Gasteiger partial charge in [0.05, 0.1) is 0 Å². The van der Waals surface area contributed by atoms with Gasteiger partial charge in [0.1, 0.15) is 0 Å². The summed E-state index contributed by atoms with van der Waals surface area (Å²) < 4.78 is 0. The van der Waals surface area contributed by atoms with Crippen LogP contribution in [0, 0.1) is 0 Å². The van der Waals surface area contributed by atoms with Crippen molar-refractivity contribution >= 4 is 73.7 Å². The van der Waals surface area contributed by atoms with Gasteiger partial charge < -0.3 is 4.90 Å². The second-order valence-electron chi connectivity index (χ2n) is 15.0. The van der Waals surface area contributed by atoms with Gasteiger partial charge in [0.15, 0.2) is 0 Å². The minimum atomic E-state index is 1.11. The maximum Gasteiger partial charge on any atom is 0.0462 e. The Morgan fingerprint density at radius 3 is 1.22 bits per heavy atom. The molecule has 0 N–H and O–H groups in total. The predicted octanol–water partition coefficient (Wildman–Crippen LogP) is 16.3. The molecule has 0 fully saturated rings. The molecule has 1 nitrogen and oxygen atoms in total. The van der Waals surface area contributed by atoms with E-state index in [1.807, 2.05) is 6.07 Å². The van der Waals surface area contributed by atoms with Crippen LogP contribution in [0.2, 0.25) is 0 Å². The zero-order chi connectivity index (χ0) is 39.4. The van der Waals surface area contributed by atoms with Gasteiger partial charge >= 0.3 is 0 Å². The number of hydrogen-bond donors (Lipinski definition) is 0. The molecule has 278 valence electrons. The summed E-state index contributed by atoms with van der Waals surface area (Å²) in [6, 6.07) is 80.8. The molecule has 0 bridgehead atoms. The number of rotatable bonds is 9. The monoisotopic (exact) mass is 751 g/mol. The molecule has 0 spiro atoms. The Kier molecular flexibility index (Phi) is 9.68. The highest BCUT2D eigenvalue weighted by atomic mass is 15.1.